The van der Waals surface area contributed by atoms with Gasteiger partial charge >= 0.3 is 5.97 Å². The maximum Gasteiger partial charge on any atom is 0.308 e. The fourth-order valence-corrected chi connectivity index (χ4v) is 2.39. The number of carbonyl (C=O) groups excluding carboxylic acids is 1. The van der Waals surface area contributed by atoms with Gasteiger partial charge in [-0.3, -0.25) is 4.79 Å². The van der Waals surface area contributed by atoms with Crippen LogP contribution in [0.5, 0.6) is 0 Å². The van der Waals surface area contributed by atoms with Gasteiger partial charge in [0.25, 0.3) is 0 Å². The zero-order chi connectivity index (χ0) is 10.5. The van der Waals surface area contributed by atoms with Crippen molar-refractivity contribution in [1.82, 2.24) is 0 Å². The molecular formula is C9H20O3Si. The molecule has 0 rings (SSSR count). The van der Waals surface area contributed by atoms with Crippen LogP contribution in [0.25, 0.3) is 0 Å². The van der Waals surface area contributed by atoms with Crippen LogP contribution in [0.15, 0.2) is 0 Å². The molecule has 0 saturated carbocycles. The van der Waals surface area contributed by atoms with Crippen molar-refractivity contribution in [3.8, 4) is 0 Å². The number of ether oxygens (including phenoxy) is 1. The van der Waals surface area contributed by atoms with Gasteiger partial charge in [0, 0.05) is 0 Å². The van der Waals surface area contributed by atoms with Crippen molar-refractivity contribution < 1.29 is 14.0 Å². The zero-order valence-corrected chi connectivity index (χ0v) is 10.2. The van der Waals surface area contributed by atoms with E-state index in [1.54, 1.807) is 0 Å². The third-order valence-corrected chi connectivity index (χ3v) is 2.42. The smallest absolute Gasteiger partial charge is 0.308 e. The Bertz CT molecular complexity index is 163. The van der Waals surface area contributed by atoms with Crippen molar-refractivity contribution in [3.05, 3.63) is 0 Å². The lowest BCUT2D eigenvalue weighted by Crippen LogP contribution is -2.32. The zero-order valence-electron chi connectivity index (χ0n) is 9.22. The molecule has 4 heteroatoms. The lowest BCUT2D eigenvalue weighted by Gasteiger charge is -2.22. The third kappa shape index (κ3) is 7.99. The van der Waals surface area contributed by atoms with Gasteiger partial charge in [-0.2, -0.15) is 0 Å². The normalized spacial score (nSPS) is 13.9. The Morgan fingerprint density at radius 2 is 1.92 bits per heavy atom. The molecule has 0 aliphatic carbocycles. The van der Waals surface area contributed by atoms with Crippen LogP contribution in [0.1, 0.15) is 20.3 Å². The van der Waals surface area contributed by atoms with Gasteiger partial charge in [-0.1, -0.05) is 0 Å². The van der Waals surface area contributed by atoms with Crippen molar-refractivity contribution in [2.45, 2.75) is 46.0 Å². The lowest BCUT2D eigenvalue weighted by atomic mass is 10.3. The minimum absolute atomic E-state index is 0.0225. The summed E-state index contributed by atoms with van der Waals surface area (Å²) in [6.07, 6.45) is 0.337. The Labute approximate surface area is 81.6 Å². The van der Waals surface area contributed by atoms with Crippen LogP contribution in [-0.4, -0.2) is 27.0 Å². The van der Waals surface area contributed by atoms with Crippen LogP contribution < -0.4 is 0 Å². The summed E-state index contributed by atoms with van der Waals surface area (Å²) in [6.45, 7) is 10.5. The number of esters is 1. The summed E-state index contributed by atoms with van der Waals surface area (Å²) >= 11 is 0. The van der Waals surface area contributed by atoms with Gasteiger partial charge in [0.05, 0.1) is 19.1 Å². The second kappa shape index (κ2) is 5.39. The third-order valence-electron chi connectivity index (χ3n) is 1.31. The Kier molecular flexibility index (Phi) is 5.25. The van der Waals surface area contributed by atoms with Crippen molar-refractivity contribution >= 4 is 14.3 Å². The SMILES string of the molecule is CCOC(=O)CC(C)O[Si](C)(C)C. The molecule has 0 amide bonds. The standard InChI is InChI=1S/C9H20O3Si/c1-6-11-9(10)7-8(2)12-13(3,4)5/h8H,6-7H2,1-5H3. The summed E-state index contributed by atoms with van der Waals surface area (Å²) < 4.78 is 10.5. The van der Waals surface area contributed by atoms with Crippen LogP contribution >= 0.6 is 0 Å². The van der Waals surface area contributed by atoms with E-state index in [1.807, 2.05) is 13.8 Å². The van der Waals surface area contributed by atoms with E-state index < -0.39 is 8.32 Å². The highest BCUT2D eigenvalue weighted by molar-refractivity contribution is 6.69. The van der Waals surface area contributed by atoms with Crippen molar-refractivity contribution in [2.24, 2.45) is 0 Å². The van der Waals surface area contributed by atoms with Gasteiger partial charge < -0.3 is 9.16 Å². The average molecular weight is 204 g/mol. The Balaban J connectivity index is 3.74. The van der Waals surface area contributed by atoms with Crippen molar-refractivity contribution in [1.29, 1.82) is 0 Å². The first-order chi connectivity index (χ1) is 5.85. The highest BCUT2D eigenvalue weighted by Crippen LogP contribution is 2.09. The molecule has 78 valence electrons. The summed E-state index contributed by atoms with van der Waals surface area (Å²) in [5.41, 5.74) is 0. The average Bonchev–Trinajstić information content (AvgIpc) is 1.81. The monoisotopic (exact) mass is 204 g/mol. The van der Waals surface area contributed by atoms with E-state index in [0.29, 0.717) is 13.0 Å². The van der Waals surface area contributed by atoms with Crippen molar-refractivity contribution in [2.75, 3.05) is 6.61 Å². The number of hydrogen-bond acceptors (Lipinski definition) is 3. The second-order valence-electron chi connectivity index (χ2n) is 4.05. The van der Waals surface area contributed by atoms with Gasteiger partial charge in [-0.15, -0.1) is 0 Å². The minimum Gasteiger partial charge on any atom is -0.466 e. The molecular weight excluding hydrogens is 184 g/mol. The largest absolute Gasteiger partial charge is 0.466 e. The highest BCUT2D eigenvalue weighted by Gasteiger charge is 2.20. The molecule has 1 unspecified atom stereocenters. The summed E-state index contributed by atoms with van der Waals surface area (Å²) in [5, 5.41) is 0. The summed E-state index contributed by atoms with van der Waals surface area (Å²) in [6, 6.07) is 0. The summed E-state index contributed by atoms with van der Waals surface area (Å²) in [5.74, 6) is -0.173. The van der Waals surface area contributed by atoms with Crippen LogP contribution in [0.4, 0.5) is 0 Å². The van der Waals surface area contributed by atoms with Crippen molar-refractivity contribution in [3.63, 3.8) is 0 Å². The molecule has 0 aromatic heterocycles. The molecule has 0 aliphatic heterocycles. The highest BCUT2D eigenvalue weighted by atomic mass is 28.4. The molecule has 0 spiro atoms. The van der Waals surface area contributed by atoms with Gasteiger partial charge in [-0.25, -0.2) is 0 Å². The van der Waals surface area contributed by atoms with Crippen LogP contribution in [0.3, 0.4) is 0 Å². The number of hydrogen-bond donors (Lipinski definition) is 0. The van der Waals surface area contributed by atoms with E-state index in [9.17, 15) is 4.79 Å². The molecule has 0 bridgehead atoms. The first-order valence-corrected chi connectivity index (χ1v) is 8.09. The Morgan fingerprint density at radius 1 is 1.38 bits per heavy atom. The minimum atomic E-state index is -1.52. The van der Waals surface area contributed by atoms with E-state index in [0.717, 1.165) is 0 Å². The fraction of sp³-hybridized carbons (Fsp3) is 0.889. The van der Waals surface area contributed by atoms with E-state index in [2.05, 4.69) is 19.6 Å². The fourth-order valence-electron chi connectivity index (χ4n) is 1.10. The molecule has 3 nitrogen and oxygen atoms in total. The molecule has 0 aromatic carbocycles. The Hall–Kier alpha value is -0.353. The quantitative estimate of drug-likeness (QED) is 0.508. The number of rotatable bonds is 5. The molecule has 0 heterocycles. The van der Waals surface area contributed by atoms with Gasteiger partial charge in [0.15, 0.2) is 8.32 Å². The summed E-state index contributed by atoms with van der Waals surface area (Å²) in [4.78, 5) is 11.1. The molecule has 0 aromatic rings. The van der Waals surface area contributed by atoms with Gasteiger partial charge in [0.2, 0.25) is 0 Å². The summed E-state index contributed by atoms with van der Waals surface area (Å²) in [7, 11) is -1.52. The van der Waals surface area contributed by atoms with E-state index >= 15 is 0 Å². The lowest BCUT2D eigenvalue weighted by molar-refractivity contribution is -0.144. The molecule has 0 fully saturated rings. The Morgan fingerprint density at radius 3 is 2.31 bits per heavy atom. The topological polar surface area (TPSA) is 35.5 Å². The van der Waals surface area contributed by atoms with Gasteiger partial charge in [-0.05, 0) is 33.5 Å². The molecule has 1 atom stereocenters. The van der Waals surface area contributed by atoms with E-state index in [4.69, 9.17) is 9.16 Å². The molecule has 0 radical (unpaired) electrons. The second-order valence-corrected chi connectivity index (χ2v) is 8.51. The van der Waals surface area contributed by atoms with E-state index in [1.165, 1.54) is 0 Å². The molecule has 0 aliphatic rings. The first-order valence-electron chi connectivity index (χ1n) is 4.68. The maximum absolute atomic E-state index is 11.1. The predicted octanol–water partition coefficient (Wildman–Crippen LogP) is 2.18. The van der Waals surface area contributed by atoms with Crippen LogP contribution in [0, 0.1) is 0 Å². The van der Waals surface area contributed by atoms with E-state index in [-0.39, 0.29) is 12.1 Å². The number of carbonyl (C=O) groups is 1. The predicted molar refractivity (Wildman–Crippen MR) is 55.1 cm³/mol. The molecule has 13 heavy (non-hydrogen) atoms. The molecule has 0 saturated heterocycles. The van der Waals surface area contributed by atoms with Crippen LogP contribution in [-0.2, 0) is 14.0 Å². The molecule has 0 N–H and O–H groups in total. The first kappa shape index (κ1) is 12.6. The van der Waals surface area contributed by atoms with Gasteiger partial charge in [0.1, 0.15) is 0 Å². The maximum atomic E-state index is 11.1. The van der Waals surface area contributed by atoms with Crippen LogP contribution in [0.2, 0.25) is 19.6 Å².